The molecule has 1 N–H and O–H groups in total. The zero-order chi connectivity index (χ0) is 11.1. The standard InChI is InChI=1S/C13H20FN/c1-3-13(4-2,11-14)15-10-12-8-6-5-7-9-12/h5-9,15H,3-4,10-11H2,1-2H3. The average Bonchev–Trinajstić information content (AvgIpc) is 2.33. The van der Waals surface area contributed by atoms with Gasteiger partial charge in [0.25, 0.3) is 0 Å². The van der Waals surface area contributed by atoms with Gasteiger partial charge in [-0.05, 0) is 18.4 Å². The minimum Gasteiger partial charge on any atom is -0.305 e. The lowest BCUT2D eigenvalue weighted by Gasteiger charge is -2.30. The fourth-order valence-corrected chi connectivity index (χ4v) is 1.62. The van der Waals surface area contributed by atoms with Gasteiger partial charge in [0, 0.05) is 12.1 Å². The molecular formula is C13H20FN. The summed E-state index contributed by atoms with van der Waals surface area (Å²) in [6.07, 6.45) is 1.65. The van der Waals surface area contributed by atoms with Crippen LogP contribution in [0.2, 0.25) is 0 Å². The zero-order valence-corrected chi connectivity index (χ0v) is 9.59. The van der Waals surface area contributed by atoms with Gasteiger partial charge < -0.3 is 5.32 Å². The molecule has 2 heteroatoms. The van der Waals surface area contributed by atoms with Crippen LogP contribution in [0.5, 0.6) is 0 Å². The van der Waals surface area contributed by atoms with Crippen molar-refractivity contribution in [2.45, 2.75) is 38.8 Å². The smallest absolute Gasteiger partial charge is 0.108 e. The molecule has 0 fully saturated rings. The first-order valence-corrected chi connectivity index (χ1v) is 5.61. The lowest BCUT2D eigenvalue weighted by Crippen LogP contribution is -2.45. The Morgan fingerprint density at radius 1 is 1.13 bits per heavy atom. The Labute approximate surface area is 91.7 Å². The van der Waals surface area contributed by atoms with Crippen LogP contribution in [0.15, 0.2) is 30.3 Å². The summed E-state index contributed by atoms with van der Waals surface area (Å²) >= 11 is 0. The molecule has 0 unspecified atom stereocenters. The first-order chi connectivity index (χ1) is 7.26. The van der Waals surface area contributed by atoms with Crippen molar-refractivity contribution in [2.24, 2.45) is 0 Å². The van der Waals surface area contributed by atoms with Crippen LogP contribution in [0.25, 0.3) is 0 Å². The van der Waals surface area contributed by atoms with Crippen LogP contribution >= 0.6 is 0 Å². The maximum absolute atomic E-state index is 13.0. The van der Waals surface area contributed by atoms with Crippen molar-refractivity contribution in [3.8, 4) is 0 Å². The monoisotopic (exact) mass is 209 g/mol. The molecule has 0 heterocycles. The molecule has 0 saturated carbocycles. The van der Waals surface area contributed by atoms with Gasteiger partial charge in [-0.1, -0.05) is 44.2 Å². The molecule has 0 aliphatic carbocycles. The fourth-order valence-electron chi connectivity index (χ4n) is 1.62. The van der Waals surface area contributed by atoms with E-state index in [-0.39, 0.29) is 12.2 Å². The summed E-state index contributed by atoms with van der Waals surface area (Å²) in [6.45, 7) is 4.50. The van der Waals surface area contributed by atoms with Gasteiger partial charge in [0.15, 0.2) is 0 Å². The Kier molecular flexibility index (Phi) is 4.76. The van der Waals surface area contributed by atoms with E-state index in [0.717, 1.165) is 19.4 Å². The third kappa shape index (κ3) is 3.31. The number of nitrogens with one attached hydrogen (secondary N) is 1. The van der Waals surface area contributed by atoms with E-state index in [0.29, 0.717) is 0 Å². The van der Waals surface area contributed by atoms with Gasteiger partial charge in [0.05, 0.1) is 0 Å². The molecule has 0 amide bonds. The molecule has 1 aromatic rings. The maximum atomic E-state index is 13.0. The van der Waals surface area contributed by atoms with Crippen LogP contribution in [-0.2, 0) is 6.54 Å². The van der Waals surface area contributed by atoms with Crippen molar-refractivity contribution in [1.29, 1.82) is 0 Å². The maximum Gasteiger partial charge on any atom is 0.108 e. The number of halogens is 1. The van der Waals surface area contributed by atoms with E-state index in [4.69, 9.17) is 0 Å². The zero-order valence-electron chi connectivity index (χ0n) is 9.59. The number of rotatable bonds is 6. The second kappa shape index (κ2) is 5.86. The predicted molar refractivity (Wildman–Crippen MR) is 62.6 cm³/mol. The number of hydrogen-bond acceptors (Lipinski definition) is 1. The summed E-state index contributed by atoms with van der Waals surface area (Å²) in [6, 6.07) is 10.1. The molecule has 1 nitrogen and oxygen atoms in total. The Bertz CT molecular complexity index is 259. The van der Waals surface area contributed by atoms with Crippen molar-refractivity contribution in [3.63, 3.8) is 0 Å². The minimum atomic E-state index is -0.337. The highest BCUT2D eigenvalue weighted by atomic mass is 19.1. The van der Waals surface area contributed by atoms with Crippen molar-refractivity contribution in [1.82, 2.24) is 5.32 Å². The molecule has 0 atom stereocenters. The Hall–Kier alpha value is -0.890. The predicted octanol–water partition coefficient (Wildman–Crippen LogP) is 3.30. The lowest BCUT2D eigenvalue weighted by atomic mass is 9.94. The summed E-state index contributed by atoms with van der Waals surface area (Å²) < 4.78 is 13.0. The van der Waals surface area contributed by atoms with E-state index < -0.39 is 0 Å². The molecule has 0 saturated heterocycles. The number of benzene rings is 1. The van der Waals surface area contributed by atoms with Gasteiger partial charge in [-0.2, -0.15) is 0 Å². The summed E-state index contributed by atoms with van der Waals surface area (Å²) in [5.41, 5.74) is 0.868. The fraction of sp³-hybridized carbons (Fsp3) is 0.538. The van der Waals surface area contributed by atoms with Crippen LogP contribution < -0.4 is 5.32 Å². The van der Waals surface area contributed by atoms with Crippen LogP contribution in [0.1, 0.15) is 32.3 Å². The molecular weight excluding hydrogens is 189 g/mol. The van der Waals surface area contributed by atoms with Crippen LogP contribution in [0.4, 0.5) is 4.39 Å². The van der Waals surface area contributed by atoms with Crippen LogP contribution in [0.3, 0.4) is 0 Å². The minimum absolute atomic E-state index is 0.299. The van der Waals surface area contributed by atoms with E-state index in [1.165, 1.54) is 5.56 Å². The number of alkyl halides is 1. The molecule has 0 radical (unpaired) electrons. The van der Waals surface area contributed by atoms with Gasteiger partial charge in [0.1, 0.15) is 6.67 Å². The third-order valence-corrected chi connectivity index (χ3v) is 3.12. The van der Waals surface area contributed by atoms with Gasteiger partial charge in [-0.15, -0.1) is 0 Å². The summed E-state index contributed by atoms with van der Waals surface area (Å²) in [7, 11) is 0. The molecule has 0 aliphatic rings. The van der Waals surface area contributed by atoms with Gasteiger partial charge in [-0.3, -0.25) is 0 Å². The molecule has 0 spiro atoms. The highest BCUT2D eigenvalue weighted by molar-refractivity contribution is 5.14. The SMILES string of the molecule is CCC(CC)(CF)NCc1ccccc1. The summed E-state index contributed by atoms with van der Waals surface area (Å²) in [4.78, 5) is 0. The first kappa shape index (κ1) is 12.2. The average molecular weight is 209 g/mol. The molecule has 1 aromatic carbocycles. The second-order valence-corrected chi connectivity index (χ2v) is 3.96. The molecule has 84 valence electrons. The van der Waals surface area contributed by atoms with Crippen molar-refractivity contribution < 1.29 is 4.39 Å². The van der Waals surface area contributed by atoms with Gasteiger partial charge in [-0.25, -0.2) is 4.39 Å². The van der Waals surface area contributed by atoms with Crippen molar-refractivity contribution >= 4 is 0 Å². The topological polar surface area (TPSA) is 12.0 Å². The molecule has 1 rings (SSSR count). The molecule has 15 heavy (non-hydrogen) atoms. The quantitative estimate of drug-likeness (QED) is 0.758. The van der Waals surface area contributed by atoms with Crippen molar-refractivity contribution in [3.05, 3.63) is 35.9 Å². The van der Waals surface area contributed by atoms with Gasteiger partial charge in [0.2, 0.25) is 0 Å². The third-order valence-electron chi connectivity index (χ3n) is 3.12. The highest BCUT2D eigenvalue weighted by Gasteiger charge is 2.24. The first-order valence-electron chi connectivity index (χ1n) is 5.61. The normalized spacial score (nSPS) is 11.7. The second-order valence-electron chi connectivity index (χ2n) is 3.96. The van der Waals surface area contributed by atoms with E-state index in [2.05, 4.69) is 17.4 Å². The van der Waals surface area contributed by atoms with E-state index >= 15 is 0 Å². The Morgan fingerprint density at radius 3 is 2.20 bits per heavy atom. The van der Waals surface area contributed by atoms with E-state index in [9.17, 15) is 4.39 Å². The highest BCUT2D eigenvalue weighted by Crippen LogP contribution is 2.16. The Balaban J connectivity index is 2.54. The Morgan fingerprint density at radius 2 is 1.73 bits per heavy atom. The summed E-state index contributed by atoms with van der Waals surface area (Å²) in [5, 5.41) is 3.32. The van der Waals surface area contributed by atoms with E-state index in [1.807, 2.05) is 32.0 Å². The number of hydrogen-bond donors (Lipinski definition) is 1. The van der Waals surface area contributed by atoms with Crippen molar-refractivity contribution in [2.75, 3.05) is 6.67 Å². The summed E-state index contributed by atoms with van der Waals surface area (Å²) in [5.74, 6) is 0. The van der Waals surface area contributed by atoms with Gasteiger partial charge >= 0.3 is 0 Å². The van der Waals surface area contributed by atoms with Crippen LogP contribution in [-0.4, -0.2) is 12.2 Å². The molecule has 0 bridgehead atoms. The molecule has 0 aliphatic heterocycles. The lowest BCUT2D eigenvalue weighted by molar-refractivity contribution is 0.226. The van der Waals surface area contributed by atoms with Crippen LogP contribution in [0, 0.1) is 0 Å². The largest absolute Gasteiger partial charge is 0.305 e. The van der Waals surface area contributed by atoms with E-state index in [1.54, 1.807) is 0 Å². The molecule has 0 aromatic heterocycles.